The molecule has 0 bridgehead atoms. The van der Waals surface area contributed by atoms with Crippen molar-refractivity contribution >= 4 is 10.8 Å². The van der Waals surface area contributed by atoms with Gasteiger partial charge in [-0.05, 0) is 25.8 Å². The van der Waals surface area contributed by atoms with Gasteiger partial charge in [0, 0.05) is 16.3 Å². The zero-order chi connectivity index (χ0) is 12.4. The lowest BCUT2D eigenvalue weighted by Crippen LogP contribution is -1.91. The van der Waals surface area contributed by atoms with Crippen molar-refractivity contribution in [3.05, 3.63) is 47.5 Å². The maximum Gasteiger partial charge on any atom is 0.127 e. The van der Waals surface area contributed by atoms with Gasteiger partial charge in [-0.25, -0.2) is 0 Å². The first kappa shape index (κ1) is 11.5. The Labute approximate surface area is 101 Å². The topological polar surface area (TPSA) is 40.5 Å². The summed E-state index contributed by atoms with van der Waals surface area (Å²) in [6.45, 7) is 3.77. The number of rotatable bonds is 2. The van der Waals surface area contributed by atoms with E-state index in [1.807, 2.05) is 50.3 Å². The monoisotopic (exact) mass is 228 g/mol. The Kier molecular flexibility index (Phi) is 3.05. The molecule has 0 amide bonds. The summed E-state index contributed by atoms with van der Waals surface area (Å²) in [5, 5.41) is 21.8. The predicted molar refractivity (Wildman–Crippen MR) is 70.5 cm³/mol. The number of fused-ring (bicyclic) bond motifs is 1. The van der Waals surface area contributed by atoms with Crippen molar-refractivity contribution in [2.75, 3.05) is 0 Å². The molecule has 2 N–H and O–H groups in total. The van der Waals surface area contributed by atoms with E-state index in [1.165, 1.54) is 0 Å². The number of benzene rings is 2. The van der Waals surface area contributed by atoms with E-state index in [-0.39, 0.29) is 11.5 Å². The standard InChI is InChI=1S/C15H16O2/c1-3-4-7-11-10(2)14(16)12-8-5-6-9-13(12)15(11)17/h3-6,8-9,16-17H,7H2,1-2H3/b4-3-. The summed E-state index contributed by atoms with van der Waals surface area (Å²) in [6, 6.07) is 7.35. The van der Waals surface area contributed by atoms with Gasteiger partial charge in [-0.3, -0.25) is 0 Å². The van der Waals surface area contributed by atoms with Crippen molar-refractivity contribution in [2.24, 2.45) is 0 Å². The molecule has 2 rings (SSSR count). The van der Waals surface area contributed by atoms with Crippen LogP contribution >= 0.6 is 0 Å². The van der Waals surface area contributed by atoms with Crippen molar-refractivity contribution in [2.45, 2.75) is 20.3 Å². The van der Waals surface area contributed by atoms with Gasteiger partial charge >= 0.3 is 0 Å². The number of hydrogen-bond donors (Lipinski definition) is 2. The Morgan fingerprint density at radius 3 is 2.24 bits per heavy atom. The molecule has 0 aliphatic rings. The number of allylic oxidation sites excluding steroid dienone is 2. The minimum absolute atomic E-state index is 0.262. The third-order valence-corrected chi connectivity index (χ3v) is 3.09. The molecule has 2 heteroatoms. The van der Waals surface area contributed by atoms with Gasteiger partial charge in [0.2, 0.25) is 0 Å². The van der Waals surface area contributed by atoms with Crippen LogP contribution in [-0.2, 0) is 6.42 Å². The van der Waals surface area contributed by atoms with Gasteiger partial charge in [-0.15, -0.1) is 0 Å². The van der Waals surface area contributed by atoms with Crippen LogP contribution in [0.15, 0.2) is 36.4 Å². The van der Waals surface area contributed by atoms with E-state index >= 15 is 0 Å². The zero-order valence-electron chi connectivity index (χ0n) is 10.1. The Hall–Kier alpha value is -1.96. The summed E-state index contributed by atoms with van der Waals surface area (Å²) in [5.41, 5.74) is 1.54. The van der Waals surface area contributed by atoms with Crippen LogP contribution in [0.3, 0.4) is 0 Å². The second kappa shape index (κ2) is 4.50. The highest BCUT2D eigenvalue weighted by molar-refractivity contribution is 5.95. The summed E-state index contributed by atoms with van der Waals surface area (Å²) in [4.78, 5) is 0. The van der Waals surface area contributed by atoms with Crippen LogP contribution < -0.4 is 0 Å². The molecule has 0 spiro atoms. The van der Waals surface area contributed by atoms with E-state index in [0.717, 1.165) is 11.1 Å². The molecule has 0 aromatic heterocycles. The molecule has 0 saturated heterocycles. The minimum atomic E-state index is 0.262. The Bertz CT molecular complexity index is 583. The maximum absolute atomic E-state index is 10.2. The molecule has 2 nitrogen and oxygen atoms in total. The SMILES string of the molecule is C/C=C\Cc1c(C)c(O)c2ccccc2c1O. The van der Waals surface area contributed by atoms with E-state index < -0.39 is 0 Å². The first-order valence-corrected chi connectivity index (χ1v) is 5.70. The fraction of sp³-hybridized carbons (Fsp3) is 0.200. The van der Waals surface area contributed by atoms with Crippen molar-refractivity contribution in [1.29, 1.82) is 0 Å². The second-order valence-corrected chi connectivity index (χ2v) is 4.12. The predicted octanol–water partition coefficient (Wildman–Crippen LogP) is 3.68. The summed E-state index contributed by atoms with van der Waals surface area (Å²) in [5.74, 6) is 0.534. The molecule has 2 aromatic rings. The lowest BCUT2D eigenvalue weighted by molar-refractivity contribution is 0.461. The number of phenols is 2. The summed E-state index contributed by atoms with van der Waals surface area (Å²) >= 11 is 0. The van der Waals surface area contributed by atoms with Gasteiger partial charge in [0.25, 0.3) is 0 Å². The van der Waals surface area contributed by atoms with Crippen LogP contribution in [0.1, 0.15) is 18.1 Å². The highest BCUT2D eigenvalue weighted by Gasteiger charge is 2.14. The fourth-order valence-electron chi connectivity index (χ4n) is 2.07. The molecule has 0 saturated carbocycles. The second-order valence-electron chi connectivity index (χ2n) is 4.12. The molecule has 0 unspecified atom stereocenters. The molecule has 0 aliphatic heterocycles. The molecular weight excluding hydrogens is 212 g/mol. The smallest absolute Gasteiger partial charge is 0.127 e. The lowest BCUT2D eigenvalue weighted by atomic mass is 9.96. The molecule has 0 heterocycles. The summed E-state index contributed by atoms with van der Waals surface area (Å²) < 4.78 is 0. The van der Waals surface area contributed by atoms with Crippen LogP contribution in [0.5, 0.6) is 11.5 Å². The molecule has 0 fully saturated rings. The summed E-state index contributed by atoms with van der Waals surface area (Å²) in [7, 11) is 0. The van der Waals surface area contributed by atoms with Crippen LogP contribution in [0.4, 0.5) is 0 Å². The third-order valence-electron chi connectivity index (χ3n) is 3.09. The van der Waals surface area contributed by atoms with Gasteiger partial charge in [0.1, 0.15) is 11.5 Å². The lowest BCUT2D eigenvalue weighted by Gasteiger charge is -2.12. The average molecular weight is 228 g/mol. The molecule has 0 atom stereocenters. The zero-order valence-corrected chi connectivity index (χ0v) is 10.1. The molecule has 0 aliphatic carbocycles. The molecule has 0 radical (unpaired) electrons. The number of phenolic OH excluding ortho intramolecular Hbond substituents is 2. The molecule has 17 heavy (non-hydrogen) atoms. The van der Waals surface area contributed by atoms with Crippen LogP contribution in [0, 0.1) is 6.92 Å². The van der Waals surface area contributed by atoms with Gasteiger partial charge in [0.15, 0.2) is 0 Å². The minimum Gasteiger partial charge on any atom is -0.507 e. The van der Waals surface area contributed by atoms with Crippen molar-refractivity contribution in [1.82, 2.24) is 0 Å². The number of hydrogen-bond acceptors (Lipinski definition) is 2. The van der Waals surface area contributed by atoms with Crippen molar-refractivity contribution < 1.29 is 10.2 Å². The fourth-order valence-corrected chi connectivity index (χ4v) is 2.07. The van der Waals surface area contributed by atoms with Gasteiger partial charge in [-0.1, -0.05) is 36.4 Å². The molecule has 88 valence electrons. The van der Waals surface area contributed by atoms with Crippen LogP contribution in [0.25, 0.3) is 10.8 Å². The first-order chi connectivity index (χ1) is 8.16. The van der Waals surface area contributed by atoms with Crippen LogP contribution in [-0.4, -0.2) is 10.2 Å². The summed E-state index contributed by atoms with van der Waals surface area (Å²) in [6.07, 6.45) is 4.54. The van der Waals surface area contributed by atoms with E-state index in [2.05, 4.69) is 0 Å². The van der Waals surface area contributed by atoms with Crippen molar-refractivity contribution in [3.8, 4) is 11.5 Å². The average Bonchev–Trinajstić information content (AvgIpc) is 2.36. The van der Waals surface area contributed by atoms with Crippen LogP contribution in [0.2, 0.25) is 0 Å². The highest BCUT2D eigenvalue weighted by Crippen LogP contribution is 2.39. The van der Waals surface area contributed by atoms with Gasteiger partial charge in [-0.2, -0.15) is 0 Å². The Morgan fingerprint density at radius 1 is 1.06 bits per heavy atom. The normalized spacial score (nSPS) is 11.4. The number of aromatic hydroxyl groups is 2. The quantitative estimate of drug-likeness (QED) is 0.608. The largest absolute Gasteiger partial charge is 0.507 e. The molecular formula is C15H16O2. The maximum atomic E-state index is 10.2. The van der Waals surface area contributed by atoms with E-state index in [9.17, 15) is 10.2 Å². The van der Waals surface area contributed by atoms with E-state index in [0.29, 0.717) is 17.2 Å². The molecule has 2 aromatic carbocycles. The third kappa shape index (κ3) is 1.86. The van der Waals surface area contributed by atoms with Crippen molar-refractivity contribution in [3.63, 3.8) is 0 Å². The Balaban J connectivity index is 2.76. The van der Waals surface area contributed by atoms with E-state index in [1.54, 1.807) is 0 Å². The Morgan fingerprint density at radius 2 is 1.65 bits per heavy atom. The first-order valence-electron chi connectivity index (χ1n) is 5.70. The van der Waals surface area contributed by atoms with Gasteiger partial charge < -0.3 is 10.2 Å². The highest BCUT2D eigenvalue weighted by atomic mass is 16.3. The van der Waals surface area contributed by atoms with Gasteiger partial charge in [0.05, 0.1) is 0 Å². The van der Waals surface area contributed by atoms with E-state index in [4.69, 9.17) is 0 Å².